The molecule has 1 rings (SSSR count). The molecule has 0 radical (unpaired) electrons. The maximum atomic E-state index is 11.8. The Morgan fingerprint density at radius 3 is 2.16 bits per heavy atom. The Kier molecular flexibility index (Phi) is 5.81. The van der Waals surface area contributed by atoms with E-state index in [1.165, 1.54) is 0 Å². The molecule has 1 aliphatic rings. The van der Waals surface area contributed by atoms with E-state index in [1.54, 1.807) is 0 Å². The molecule has 4 heteroatoms. The standard InChI is InChI=1S/C15H30N2O2/c1-10(2)13(16)14(18)19-12-8-6-11(7-9-12)17-15(3,4)5/h10-13,17H,6-9,16H2,1-5H3/t11-,12-,13?. The summed E-state index contributed by atoms with van der Waals surface area (Å²) in [7, 11) is 0. The van der Waals surface area contributed by atoms with Crippen LogP contribution in [-0.2, 0) is 9.53 Å². The summed E-state index contributed by atoms with van der Waals surface area (Å²) >= 11 is 0. The first-order valence-corrected chi connectivity index (χ1v) is 7.43. The molecule has 0 bridgehead atoms. The van der Waals surface area contributed by atoms with Crippen molar-refractivity contribution in [3.63, 3.8) is 0 Å². The predicted octanol–water partition coefficient (Wildman–Crippen LogP) is 2.21. The highest BCUT2D eigenvalue weighted by Crippen LogP contribution is 2.23. The first-order valence-electron chi connectivity index (χ1n) is 7.43. The van der Waals surface area contributed by atoms with Gasteiger partial charge in [0.2, 0.25) is 0 Å². The molecule has 1 atom stereocenters. The van der Waals surface area contributed by atoms with Gasteiger partial charge in [0.05, 0.1) is 0 Å². The summed E-state index contributed by atoms with van der Waals surface area (Å²) in [5, 5.41) is 3.61. The number of hydrogen-bond acceptors (Lipinski definition) is 4. The third-order valence-corrected chi connectivity index (χ3v) is 3.58. The minimum atomic E-state index is -0.495. The van der Waals surface area contributed by atoms with Crippen LogP contribution in [0, 0.1) is 5.92 Å². The van der Waals surface area contributed by atoms with Crippen LogP contribution in [0.3, 0.4) is 0 Å². The first kappa shape index (κ1) is 16.4. The average molecular weight is 270 g/mol. The van der Waals surface area contributed by atoms with Gasteiger partial charge in [-0.25, -0.2) is 0 Å². The normalized spacial score (nSPS) is 26.3. The summed E-state index contributed by atoms with van der Waals surface area (Å²) in [4.78, 5) is 11.8. The summed E-state index contributed by atoms with van der Waals surface area (Å²) in [5.41, 5.74) is 5.95. The van der Waals surface area contributed by atoms with Gasteiger partial charge in [-0.3, -0.25) is 4.79 Å². The second-order valence-electron chi connectivity index (χ2n) is 7.07. The minimum Gasteiger partial charge on any atom is -0.461 e. The summed E-state index contributed by atoms with van der Waals surface area (Å²) in [5.74, 6) is -0.117. The Morgan fingerprint density at radius 1 is 1.21 bits per heavy atom. The number of nitrogens with two attached hydrogens (primary N) is 1. The van der Waals surface area contributed by atoms with Crippen LogP contribution in [0.4, 0.5) is 0 Å². The minimum absolute atomic E-state index is 0.0512. The van der Waals surface area contributed by atoms with Gasteiger partial charge in [-0.05, 0) is 52.4 Å². The van der Waals surface area contributed by atoms with E-state index in [0.29, 0.717) is 6.04 Å². The molecule has 1 saturated carbocycles. The van der Waals surface area contributed by atoms with Crippen molar-refractivity contribution in [3.8, 4) is 0 Å². The molecule has 0 spiro atoms. The molecule has 3 N–H and O–H groups in total. The smallest absolute Gasteiger partial charge is 0.323 e. The highest BCUT2D eigenvalue weighted by Gasteiger charge is 2.28. The number of ether oxygens (including phenoxy) is 1. The van der Waals surface area contributed by atoms with Crippen LogP contribution in [0.1, 0.15) is 60.3 Å². The number of nitrogens with one attached hydrogen (secondary N) is 1. The van der Waals surface area contributed by atoms with Gasteiger partial charge in [0, 0.05) is 11.6 Å². The molecule has 4 nitrogen and oxygen atoms in total. The SMILES string of the molecule is CC(C)C(N)C(=O)O[C@H]1CC[C@H](NC(C)(C)C)CC1. The third kappa shape index (κ3) is 5.91. The van der Waals surface area contributed by atoms with Crippen molar-refractivity contribution >= 4 is 5.97 Å². The van der Waals surface area contributed by atoms with Crippen LogP contribution in [0.5, 0.6) is 0 Å². The lowest BCUT2D eigenvalue weighted by atomic mass is 9.91. The van der Waals surface area contributed by atoms with Gasteiger partial charge in [-0.2, -0.15) is 0 Å². The van der Waals surface area contributed by atoms with E-state index in [9.17, 15) is 4.79 Å². The molecule has 0 aromatic heterocycles. The van der Waals surface area contributed by atoms with Crippen molar-refractivity contribution in [2.75, 3.05) is 0 Å². The molecule has 19 heavy (non-hydrogen) atoms. The molecule has 0 aromatic carbocycles. The van der Waals surface area contributed by atoms with Gasteiger partial charge in [-0.15, -0.1) is 0 Å². The Bertz CT molecular complexity index is 289. The van der Waals surface area contributed by atoms with E-state index >= 15 is 0 Å². The van der Waals surface area contributed by atoms with Crippen LogP contribution in [0.15, 0.2) is 0 Å². The van der Waals surface area contributed by atoms with E-state index in [1.807, 2.05) is 13.8 Å². The van der Waals surface area contributed by atoms with Crippen LogP contribution in [-0.4, -0.2) is 29.7 Å². The molecule has 1 aliphatic carbocycles. The van der Waals surface area contributed by atoms with Gasteiger partial charge in [0.15, 0.2) is 0 Å². The van der Waals surface area contributed by atoms with E-state index < -0.39 is 6.04 Å². The van der Waals surface area contributed by atoms with Crippen molar-refractivity contribution in [2.24, 2.45) is 11.7 Å². The number of rotatable bonds is 4. The lowest BCUT2D eigenvalue weighted by Crippen LogP contribution is -2.46. The van der Waals surface area contributed by atoms with Crippen LogP contribution >= 0.6 is 0 Å². The topological polar surface area (TPSA) is 64.4 Å². The Balaban J connectivity index is 2.32. The van der Waals surface area contributed by atoms with Crippen LogP contribution < -0.4 is 11.1 Å². The van der Waals surface area contributed by atoms with Gasteiger partial charge >= 0.3 is 5.97 Å². The Hall–Kier alpha value is -0.610. The molecule has 0 heterocycles. The molecule has 1 unspecified atom stereocenters. The van der Waals surface area contributed by atoms with Crippen molar-refractivity contribution in [1.29, 1.82) is 0 Å². The lowest BCUT2D eigenvalue weighted by molar-refractivity contribution is -0.153. The monoisotopic (exact) mass is 270 g/mol. The Morgan fingerprint density at radius 2 is 1.74 bits per heavy atom. The zero-order chi connectivity index (χ0) is 14.6. The fourth-order valence-corrected chi connectivity index (χ4v) is 2.45. The van der Waals surface area contributed by atoms with Gasteiger partial charge < -0.3 is 15.8 Å². The number of hydrogen-bond donors (Lipinski definition) is 2. The highest BCUT2D eigenvalue weighted by molar-refractivity contribution is 5.75. The van der Waals surface area contributed by atoms with Crippen molar-refractivity contribution < 1.29 is 9.53 Å². The molecule has 0 aliphatic heterocycles. The maximum absolute atomic E-state index is 11.8. The molecular formula is C15H30N2O2. The number of carbonyl (C=O) groups is 1. The molecular weight excluding hydrogens is 240 g/mol. The fraction of sp³-hybridized carbons (Fsp3) is 0.933. The summed E-state index contributed by atoms with van der Waals surface area (Å²) in [6.45, 7) is 10.4. The summed E-state index contributed by atoms with van der Waals surface area (Å²) in [6, 6.07) is 0.0409. The van der Waals surface area contributed by atoms with Crippen LogP contribution in [0.25, 0.3) is 0 Å². The lowest BCUT2D eigenvalue weighted by Gasteiger charge is -2.34. The average Bonchev–Trinajstić information content (AvgIpc) is 2.28. The van der Waals surface area contributed by atoms with Gasteiger partial charge in [0.1, 0.15) is 12.1 Å². The van der Waals surface area contributed by atoms with Gasteiger partial charge in [0.25, 0.3) is 0 Å². The van der Waals surface area contributed by atoms with E-state index in [0.717, 1.165) is 25.7 Å². The van der Waals surface area contributed by atoms with E-state index in [2.05, 4.69) is 26.1 Å². The number of carbonyl (C=O) groups excluding carboxylic acids is 1. The molecule has 1 fully saturated rings. The van der Waals surface area contributed by atoms with Crippen LogP contribution in [0.2, 0.25) is 0 Å². The summed E-state index contributed by atoms with van der Waals surface area (Å²) < 4.78 is 5.50. The Labute approximate surface area is 117 Å². The number of esters is 1. The fourth-order valence-electron chi connectivity index (χ4n) is 2.45. The van der Waals surface area contributed by atoms with E-state index in [4.69, 9.17) is 10.5 Å². The molecule has 112 valence electrons. The van der Waals surface area contributed by atoms with Gasteiger partial charge in [-0.1, -0.05) is 13.8 Å². The zero-order valence-electron chi connectivity index (χ0n) is 13.0. The quantitative estimate of drug-likeness (QED) is 0.769. The molecule has 0 saturated heterocycles. The summed E-state index contributed by atoms with van der Waals surface area (Å²) in [6.07, 6.45) is 4.04. The second kappa shape index (κ2) is 6.71. The van der Waals surface area contributed by atoms with Crippen molar-refractivity contribution in [1.82, 2.24) is 5.32 Å². The van der Waals surface area contributed by atoms with Crippen molar-refractivity contribution in [3.05, 3.63) is 0 Å². The van der Waals surface area contributed by atoms with Crippen molar-refractivity contribution in [2.45, 2.75) is 84.0 Å². The predicted molar refractivity (Wildman–Crippen MR) is 77.8 cm³/mol. The maximum Gasteiger partial charge on any atom is 0.323 e. The zero-order valence-corrected chi connectivity index (χ0v) is 13.0. The largest absolute Gasteiger partial charge is 0.461 e. The molecule has 0 aromatic rings. The molecule has 0 amide bonds. The third-order valence-electron chi connectivity index (χ3n) is 3.58. The first-order chi connectivity index (χ1) is 8.69. The second-order valence-corrected chi connectivity index (χ2v) is 7.07. The van der Waals surface area contributed by atoms with E-state index in [-0.39, 0.29) is 23.5 Å². The highest BCUT2D eigenvalue weighted by atomic mass is 16.5.